The van der Waals surface area contributed by atoms with Gasteiger partial charge in [-0.2, -0.15) is 0 Å². The van der Waals surface area contributed by atoms with Crippen molar-refractivity contribution in [1.82, 2.24) is 10.2 Å². The first-order valence-electron chi connectivity index (χ1n) is 3.61. The van der Waals surface area contributed by atoms with Crippen LogP contribution in [0.15, 0.2) is 31.9 Å². The third-order valence-corrected chi connectivity index (χ3v) is 3.12. The van der Waals surface area contributed by atoms with E-state index in [2.05, 4.69) is 42.1 Å². The van der Waals surface area contributed by atoms with Gasteiger partial charge in [0.05, 0.1) is 5.02 Å². The quantitative estimate of drug-likeness (QED) is 0.791. The summed E-state index contributed by atoms with van der Waals surface area (Å²) in [5.41, 5.74) is 0.788. The van der Waals surface area contributed by atoms with Gasteiger partial charge in [0, 0.05) is 26.0 Å². The lowest BCUT2D eigenvalue weighted by molar-refractivity contribution is 0.540. The summed E-state index contributed by atoms with van der Waals surface area (Å²) in [6.45, 7) is 0. The zero-order chi connectivity index (χ0) is 10.1. The number of nitrogens with zero attached hydrogens (tertiary/aromatic N) is 2. The van der Waals surface area contributed by atoms with Gasteiger partial charge in [-0.25, -0.2) is 0 Å². The molecule has 2 aromatic rings. The maximum absolute atomic E-state index is 5.92. The SMILES string of the molecule is Clc1cc(-c2nnc(Br)o2)ccc1Br. The second kappa shape index (κ2) is 4.00. The first-order chi connectivity index (χ1) is 6.66. The summed E-state index contributed by atoms with van der Waals surface area (Å²) in [4.78, 5) is 0.353. The van der Waals surface area contributed by atoms with Crippen molar-refractivity contribution in [3.8, 4) is 11.5 Å². The van der Waals surface area contributed by atoms with E-state index in [0.717, 1.165) is 10.0 Å². The van der Waals surface area contributed by atoms with Gasteiger partial charge in [-0.15, -0.1) is 10.2 Å². The van der Waals surface area contributed by atoms with Gasteiger partial charge >= 0.3 is 0 Å². The van der Waals surface area contributed by atoms with E-state index in [1.165, 1.54) is 0 Å². The fraction of sp³-hybridized carbons (Fsp3) is 0. The third kappa shape index (κ3) is 1.99. The molecular weight excluding hydrogens is 335 g/mol. The van der Waals surface area contributed by atoms with E-state index in [4.69, 9.17) is 16.0 Å². The maximum Gasteiger partial charge on any atom is 0.285 e. The average Bonchev–Trinajstić information content (AvgIpc) is 2.57. The predicted octanol–water partition coefficient (Wildman–Crippen LogP) is 3.92. The minimum Gasteiger partial charge on any atom is -0.411 e. The van der Waals surface area contributed by atoms with Gasteiger partial charge in [-0.3, -0.25) is 0 Å². The van der Waals surface area contributed by atoms with Crippen molar-refractivity contribution in [3.05, 3.63) is 32.5 Å². The molecule has 1 heterocycles. The van der Waals surface area contributed by atoms with Crippen LogP contribution in [0.2, 0.25) is 5.02 Å². The fourth-order valence-corrected chi connectivity index (χ4v) is 1.61. The number of rotatable bonds is 1. The lowest BCUT2D eigenvalue weighted by Crippen LogP contribution is -1.78. The van der Waals surface area contributed by atoms with Crippen LogP contribution in [0.1, 0.15) is 0 Å². The molecule has 0 aliphatic carbocycles. The van der Waals surface area contributed by atoms with E-state index in [9.17, 15) is 0 Å². The highest BCUT2D eigenvalue weighted by Gasteiger charge is 2.07. The summed E-state index contributed by atoms with van der Waals surface area (Å²) in [6, 6.07) is 5.43. The molecule has 0 unspecified atom stereocenters. The number of halogens is 3. The summed E-state index contributed by atoms with van der Waals surface area (Å²) in [5.74, 6) is 0.436. The Morgan fingerprint density at radius 3 is 2.57 bits per heavy atom. The van der Waals surface area contributed by atoms with Gasteiger partial charge < -0.3 is 4.42 Å². The Balaban J connectivity index is 2.47. The molecule has 2 rings (SSSR count). The second-order valence-electron chi connectivity index (χ2n) is 2.49. The molecule has 0 atom stereocenters. The van der Waals surface area contributed by atoms with Crippen LogP contribution in [-0.4, -0.2) is 10.2 Å². The minimum atomic E-state index is 0.353. The van der Waals surface area contributed by atoms with Gasteiger partial charge in [-0.05, 0) is 34.1 Å². The Morgan fingerprint density at radius 2 is 2.00 bits per heavy atom. The number of hydrogen-bond donors (Lipinski definition) is 0. The van der Waals surface area contributed by atoms with Gasteiger partial charge in [-0.1, -0.05) is 11.6 Å². The molecule has 1 aromatic carbocycles. The van der Waals surface area contributed by atoms with E-state index in [1.807, 2.05) is 12.1 Å². The first kappa shape index (κ1) is 10.1. The van der Waals surface area contributed by atoms with E-state index < -0.39 is 0 Å². The summed E-state index contributed by atoms with van der Waals surface area (Å²) in [5, 5.41) is 8.12. The highest BCUT2D eigenvalue weighted by atomic mass is 79.9. The largest absolute Gasteiger partial charge is 0.411 e. The molecule has 0 spiro atoms. The van der Waals surface area contributed by atoms with Crippen LogP contribution in [-0.2, 0) is 0 Å². The van der Waals surface area contributed by atoms with Crippen molar-refractivity contribution in [2.75, 3.05) is 0 Å². The smallest absolute Gasteiger partial charge is 0.285 e. The molecule has 0 radical (unpaired) electrons. The lowest BCUT2D eigenvalue weighted by Gasteiger charge is -1.97. The topological polar surface area (TPSA) is 38.9 Å². The van der Waals surface area contributed by atoms with Gasteiger partial charge in [0.1, 0.15) is 0 Å². The molecule has 0 fully saturated rings. The van der Waals surface area contributed by atoms with E-state index in [1.54, 1.807) is 6.07 Å². The lowest BCUT2D eigenvalue weighted by atomic mass is 10.2. The van der Waals surface area contributed by atoms with Crippen molar-refractivity contribution in [3.63, 3.8) is 0 Å². The first-order valence-corrected chi connectivity index (χ1v) is 5.57. The standard InChI is InChI=1S/C8H3Br2ClN2O/c9-5-2-1-4(3-6(5)11)7-12-13-8(10)14-7/h1-3H. The van der Waals surface area contributed by atoms with Crippen LogP contribution in [0, 0.1) is 0 Å². The van der Waals surface area contributed by atoms with Gasteiger partial charge in [0.2, 0.25) is 5.89 Å². The number of benzene rings is 1. The number of hydrogen-bond acceptors (Lipinski definition) is 3. The predicted molar refractivity (Wildman–Crippen MR) is 60.1 cm³/mol. The molecule has 72 valence electrons. The molecule has 0 bridgehead atoms. The molecule has 0 amide bonds. The zero-order valence-electron chi connectivity index (χ0n) is 6.67. The Hall–Kier alpha value is -0.390. The molecule has 1 aromatic heterocycles. The molecular formula is C8H3Br2ClN2O. The van der Waals surface area contributed by atoms with Gasteiger partial charge in [0.25, 0.3) is 4.80 Å². The van der Waals surface area contributed by atoms with E-state index >= 15 is 0 Å². The summed E-state index contributed by atoms with van der Waals surface area (Å²) in [6.07, 6.45) is 0. The Labute approximate surface area is 102 Å². The Bertz CT molecular complexity index is 472. The van der Waals surface area contributed by atoms with Crippen LogP contribution < -0.4 is 0 Å². The van der Waals surface area contributed by atoms with Gasteiger partial charge in [0.15, 0.2) is 0 Å². The highest BCUT2D eigenvalue weighted by Crippen LogP contribution is 2.28. The molecule has 0 aliphatic heterocycles. The normalized spacial score (nSPS) is 10.5. The summed E-state index contributed by atoms with van der Waals surface area (Å²) < 4.78 is 6.02. The molecule has 0 N–H and O–H groups in total. The van der Waals surface area contributed by atoms with Crippen LogP contribution in [0.4, 0.5) is 0 Å². The van der Waals surface area contributed by atoms with Crippen molar-refractivity contribution >= 4 is 43.5 Å². The molecule has 14 heavy (non-hydrogen) atoms. The maximum atomic E-state index is 5.92. The second-order valence-corrected chi connectivity index (χ2v) is 4.43. The van der Waals surface area contributed by atoms with E-state index in [-0.39, 0.29) is 0 Å². The molecule has 0 saturated carbocycles. The molecule has 6 heteroatoms. The van der Waals surface area contributed by atoms with Crippen molar-refractivity contribution in [2.45, 2.75) is 0 Å². The zero-order valence-corrected chi connectivity index (χ0v) is 10.6. The summed E-state index contributed by atoms with van der Waals surface area (Å²) in [7, 11) is 0. The van der Waals surface area contributed by atoms with Crippen LogP contribution >= 0.6 is 43.5 Å². The number of aromatic nitrogens is 2. The van der Waals surface area contributed by atoms with Crippen molar-refractivity contribution in [1.29, 1.82) is 0 Å². The Morgan fingerprint density at radius 1 is 1.21 bits per heavy atom. The van der Waals surface area contributed by atoms with Crippen LogP contribution in [0.3, 0.4) is 0 Å². The highest BCUT2D eigenvalue weighted by molar-refractivity contribution is 9.10. The van der Waals surface area contributed by atoms with Crippen molar-refractivity contribution < 1.29 is 4.42 Å². The van der Waals surface area contributed by atoms with Crippen LogP contribution in [0.25, 0.3) is 11.5 Å². The van der Waals surface area contributed by atoms with E-state index in [0.29, 0.717) is 15.7 Å². The average molecular weight is 338 g/mol. The monoisotopic (exact) mass is 336 g/mol. The third-order valence-electron chi connectivity index (χ3n) is 1.57. The molecule has 0 saturated heterocycles. The molecule has 0 aliphatic rings. The minimum absolute atomic E-state index is 0.353. The molecule has 3 nitrogen and oxygen atoms in total. The van der Waals surface area contributed by atoms with Crippen LogP contribution in [0.5, 0.6) is 0 Å². The fourth-order valence-electron chi connectivity index (χ4n) is 0.951. The van der Waals surface area contributed by atoms with Crippen molar-refractivity contribution in [2.24, 2.45) is 0 Å². The summed E-state index contributed by atoms with van der Waals surface area (Å²) >= 11 is 12.3. The Kier molecular flexibility index (Phi) is 2.90.